The zero-order chi connectivity index (χ0) is 35.6. The molecule has 2 aliphatic rings. The molecule has 0 radical (unpaired) electrons. The lowest BCUT2D eigenvalue weighted by Gasteiger charge is -2.47. The Morgan fingerprint density at radius 2 is 1.83 bits per heavy atom. The Hall–Kier alpha value is -2.06. The van der Waals surface area contributed by atoms with Gasteiger partial charge in [0.2, 0.25) is 0 Å². The van der Waals surface area contributed by atoms with E-state index in [4.69, 9.17) is 18.9 Å². The highest BCUT2D eigenvalue weighted by molar-refractivity contribution is 6.04. The molecule has 2 fully saturated rings. The molecule has 274 valence electrons. The molecule has 2 aliphatic heterocycles. The van der Waals surface area contributed by atoms with Crippen LogP contribution in [0.3, 0.4) is 0 Å². The van der Waals surface area contributed by atoms with E-state index in [-0.39, 0.29) is 36.5 Å². The Kier molecular flexibility index (Phi) is 15.4. The smallest absolute Gasteiger partial charge is 0.319 e. The van der Waals surface area contributed by atoms with Gasteiger partial charge in [0.05, 0.1) is 17.8 Å². The number of likely N-dealkylation sites (N-methyl/N-ethyl adjacent to an activating group) is 1. The minimum atomic E-state index is -1.43. The number of rotatable bonds is 12. The molecule has 0 saturated carbocycles. The van der Waals surface area contributed by atoms with Crippen molar-refractivity contribution in [2.75, 3.05) is 47.4 Å². The number of ether oxygens (including phenoxy) is 4. The molecule has 0 amide bonds. The van der Waals surface area contributed by atoms with Gasteiger partial charge < -0.3 is 34.3 Å². The van der Waals surface area contributed by atoms with Crippen LogP contribution in [-0.2, 0) is 35.1 Å². The summed E-state index contributed by atoms with van der Waals surface area (Å²) in [4.78, 5) is 40.5. The van der Waals surface area contributed by atoms with Crippen molar-refractivity contribution in [2.24, 2.45) is 17.3 Å². The van der Waals surface area contributed by atoms with Gasteiger partial charge in [0.25, 0.3) is 0 Å². The average molecular weight is 678 g/mol. The lowest BCUT2D eigenvalue weighted by Crippen LogP contribution is -2.59. The van der Waals surface area contributed by atoms with E-state index < -0.39 is 41.4 Å². The van der Waals surface area contributed by atoms with E-state index >= 15 is 0 Å². The molecular formula is C36H63N5O7. The van der Waals surface area contributed by atoms with Crippen molar-refractivity contribution in [1.82, 2.24) is 25.1 Å². The number of hydrogen-bond donors (Lipinski definition) is 2. The summed E-state index contributed by atoms with van der Waals surface area (Å²) in [7, 11) is 5.49. The molecule has 4 unspecified atom stereocenters. The minimum Gasteiger partial charge on any atom is -0.463 e. The molecule has 0 aliphatic carbocycles. The average Bonchev–Trinajstić information content (AvgIpc) is 3.05. The number of hydrogen-bond acceptors (Lipinski definition) is 12. The highest BCUT2D eigenvalue weighted by Crippen LogP contribution is 2.38. The maximum Gasteiger partial charge on any atom is 0.319 e. The quantitative estimate of drug-likeness (QED) is 0.191. The molecule has 12 nitrogen and oxygen atoms in total. The van der Waals surface area contributed by atoms with Crippen LogP contribution < -0.4 is 5.32 Å². The highest BCUT2D eigenvalue weighted by Gasteiger charge is 2.51. The molecule has 48 heavy (non-hydrogen) atoms. The van der Waals surface area contributed by atoms with Crippen molar-refractivity contribution < 1.29 is 33.6 Å². The number of ketones is 1. The van der Waals surface area contributed by atoms with Gasteiger partial charge in [-0.15, -0.1) is 0 Å². The molecule has 3 rings (SSSR count). The molecule has 1 aromatic heterocycles. The largest absolute Gasteiger partial charge is 0.463 e. The van der Waals surface area contributed by atoms with Crippen molar-refractivity contribution >= 4 is 11.8 Å². The van der Waals surface area contributed by atoms with E-state index in [1.807, 2.05) is 32.8 Å². The molecule has 0 bridgehead atoms. The maximum atomic E-state index is 14.3. The number of aromatic nitrogens is 2. The first-order chi connectivity index (χ1) is 22.6. The number of carbonyl (C=O) groups excluding carboxylic acids is 2. The second-order valence-electron chi connectivity index (χ2n) is 15.0. The first-order valence-electron chi connectivity index (χ1n) is 17.7. The topological polar surface area (TPSA) is 136 Å². The lowest BCUT2D eigenvalue weighted by molar-refractivity contribution is -0.295. The van der Waals surface area contributed by atoms with Gasteiger partial charge in [-0.05, 0) is 92.9 Å². The van der Waals surface area contributed by atoms with Crippen LogP contribution in [0.15, 0.2) is 18.7 Å². The van der Waals surface area contributed by atoms with E-state index in [0.29, 0.717) is 19.4 Å². The Morgan fingerprint density at radius 1 is 1.15 bits per heavy atom. The number of aliphatic hydroxyl groups excluding tert-OH is 1. The SMILES string of the molecule is CCCN1CC(C)CC(C)(OC)C(O[C@@H]2O[C@H](C)C[C@H](N(C)C)[C@H]2O)C(C)C(=O)C(C)(C)C(=O)OC[C@H]1CCCNCc1cncnc1. The fraction of sp³-hybridized carbons (Fsp3) is 0.833. The van der Waals surface area contributed by atoms with Gasteiger partial charge >= 0.3 is 5.97 Å². The Bertz CT molecular complexity index is 1140. The Labute approximate surface area is 288 Å². The van der Waals surface area contributed by atoms with Gasteiger partial charge in [0.1, 0.15) is 24.5 Å². The Balaban J connectivity index is 1.89. The second kappa shape index (κ2) is 18.3. The van der Waals surface area contributed by atoms with Crippen LogP contribution in [0.4, 0.5) is 0 Å². The number of cyclic esters (lactones) is 1. The van der Waals surface area contributed by atoms with Gasteiger partial charge in [-0.1, -0.05) is 20.8 Å². The summed E-state index contributed by atoms with van der Waals surface area (Å²) in [5.74, 6) is -1.47. The number of nitrogens with one attached hydrogen (secondary N) is 1. The summed E-state index contributed by atoms with van der Waals surface area (Å²) in [6.45, 7) is 16.6. The maximum absolute atomic E-state index is 14.3. The summed E-state index contributed by atoms with van der Waals surface area (Å²) in [5, 5.41) is 14.8. The van der Waals surface area contributed by atoms with Crippen molar-refractivity contribution in [3.05, 3.63) is 24.3 Å². The molecule has 0 spiro atoms. The number of aliphatic hydroxyl groups is 1. The normalized spacial score (nSPS) is 34.2. The van der Waals surface area contributed by atoms with Gasteiger partial charge in [-0.2, -0.15) is 0 Å². The van der Waals surface area contributed by atoms with Crippen molar-refractivity contribution in [2.45, 2.75) is 129 Å². The summed E-state index contributed by atoms with van der Waals surface area (Å²) < 4.78 is 25.1. The first kappa shape index (κ1) is 40.4. The van der Waals surface area contributed by atoms with Crippen molar-refractivity contribution in [1.29, 1.82) is 0 Å². The predicted molar refractivity (Wildman–Crippen MR) is 184 cm³/mol. The van der Waals surface area contributed by atoms with Gasteiger partial charge in [-0.3, -0.25) is 14.5 Å². The zero-order valence-electron chi connectivity index (χ0n) is 31.1. The third-order valence-corrected chi connectivity index (χ3v) is 10.2. The van der Waals surface area contributed by atoms with Crippen LogP contribution in [0.2, 0.25) is 0 Å². The number of esters is 1. The predicted octanol–water partition coefficient (Wildman–Crippen LogP) is 3.46. The summed E-state index contributed by atoms with van der Waals surface area (Å²) in [5.41, 5.74) is -1.34. The minimum absolute atomic E-state index is 0.0154. The third kappa shape index (κ3) is 10.5. The van der Waals surface area contributed by atoms with Crippen LogP contribution in [-0.4, -0.2) is 126 Å². The van der Waals surface area contributed by atoms with Gasteiger partial charge in [-0.25, -0.2) is 9.97 Å². The van der Waals surface area contributed by atoms with Gasteiger partial charge in [0, 0.05) is 56.2 Å². The zero-order valence-corrected chi connectivity index (χ0v) is 31.1. The van der Waals surface area contributed by atoms with Crippen LogP contribution in [0, 0.1) is 17.3 Å². The molecule has 0 aromatic carbocycles. The van der Waals surface area contributed by atoms with Crippen molar-refractivity contribution in [3.8, 4) is 0 Å². The van der Waals surface area contributed by atoms with Crippen molar-refractivity contribution in [3.63, 3.8) is 0 Å². The molecular weight excluding hydrogens is 614 g/mol. The molecule has 3 heterocycles. The van der Waals surface area contributed by atoms with Crippen LogP contribution >= 0.6 is 0 Å². The monoisotopic (exact) mass is 677 g/mol. The Morgan fingerprint density at radius 3 is 2.46 bits per heavy atom. The fourth-order valence-corrected chi connectivity index (χ4v) is 7.42. The summed E-state index contributed by atoms with van der Waals surface area (Å²) in [6, 6.07) is -0.195. The molecule has 2 N–H and O–H groups in total. The van der Waals surface area contributed by atoms with E-state index in [2.05, 4.69) is 34.0 Å². The molecule has 12 heteroatoms. The van der Waals surface area contributed by atoms with Crippen LogP contribution in [0.5, 0.6) is 0 Å². The molecule has 1 aromatic rings. The lowest BCUT2D eigenvalue weighted by atomic mass is 9.74. The van der Waals surface area contributed by atoms with E-state index in [9.17, 15) is 14.7 Å². The first-order valence-corrected chi connectivity index (χ1v) is 17.7. The summed E-state index contributed by atoms with van der Waals surface area (Å²) in [6.07, 6.45) is 6.13. The number of carbonyl (C=O) groups is 2. The third-order valence-electron chi connectivity index (χ3n) is 10.2. The van der Waals surface area contributed by atoms with Gasteiger partial charge in [0.15, 0.2) is 12.1 Å². The summed E-state index contributed by atoms with van der Waals surface area (Å²) >= 11 is 0. The van der Waals surface area contributed by atoms with Crippen LogP contribution in [0.25, 0.3) is 0 Å². The molecule has 9 atom stereocenters. The molecule has 2 saturated heterocycles. The number of methoxy groups -OCH3 is 1. The van der Waals surface area contributed by atoms with E-state index in [0.717, 1.165) is 44.5 Å². The van der Waals surface area contributed by atoms with E-state index in [1.165, 1.54) is 6.33 Å². The number of Topliss-reactive ketones (excluding diaryl/α,β-unsaturated/α-hetero) is 1. The standard InChI is InChI=1S/C36H63N5O7/c1-11-15-41-21-24(2)17-36(7,45-10)32(48-33-30(42)29(40(8)9)16-25(3)47-33)26(4)31(43)35(5,6)34(44)46-22-28(41)13-12-14-37-18-27-19-38-23-39-20-27/h19-20,23-26,28-30,32-33,37,42H,11-18,21-22H2,1-10H3/t24?,25-,26?,28-,29+,30-,32?,33+,36?/m1/s1. The van der Waals surface area contributed by atoms with Crippen LogP contribution in [0.1, 0.15) is 86.1 Å². The fourth-order valence-electron chi connectivity index (χ4n) is 7.42. The van der Waals surface area contributed by atoms with E-state index in [1.54, 1.807) is 40.3 Å². The second-order valence-corrected chi connectivity index (χ2v) is 15.0. The highest BCUT2D eigenvalue weighted by atomic mass is 16.7. The number of nitrogens with zero attached hydrogens (tertiary/aromatic N) is 4.